The molecule has 0 bridgehead atoms. The van der Waals surface area contributed by atoms with Gasteiger partial charge in [-0.2, -0.15) is 0 Å². The van der Waals surface area contributed by atoms with E-state index < -0.39 is 17.8 Å². The highest BCUT2D eigenvalue weighted by Crippen LogP contribution is 2.14. The number of amides is 3. The molecule has 1 aromatic carbocycles. The normalized spacial score (nSPS) is 12.7. The molecule has 3 rings (SSSR count). The van der Waals surface area contributed by atoms with Crippen LogP contribution in [0.2, 0.25) is 0 Å². The fourth-order valence-electron chi connectivity index (χ4n) is 5.10. The van der Waals surface area contributed by atoms with Crippen LogP contribution in [0.3, 0.4) is 0 Å². The van der Waals surface area contributed by atoms with E-state index in [1.54, 1.807) is 6.92 Å². The summed E-state index contributed by atoms with van der Waals surface area (Å²) in [4.78, 5) is 51.4. The number of aryl methyl sites for hydroxylation is 1. The number of carbonyl (C=O) groups excluding carboxylic acids is 4. The van der Waals surface area contributed by atoms with E-state index in [0.29, 0.717) is 169 Å². The summed E-state index contributed by atoms with van der Waals surface area (Å²) >= 11 is 0. The van der Waals surface area contributed by atoms with Gasteiger partial charge in [0.25, 0.3) is 11.8 Å². The standard InChI is InChI=1S/C42H66N6O17/c1-35-44-46-42(47-45-35)37-4-2-36(3-5-37)34-43-38(49)8-10-53-12-14-55-16-18-57-20-22-59-24-26-61-28-30-63-32-33-64-31-29-62-27-25-60-23-21-58-19-17-56-15-13-54-11-9-41(52)65-48-39(50)6-7-40(48)51/h2-5H,6-34H2,1H3,(H,43,49). The second-order valence-electron chi connectivity index (χ2n) is 13.6. The molecule has 2 heterocycles. The number of hydrogen-bond donors (Lipinski definition) is 1. The summed E-state index contributed by atoms with van der Waals surface area (Å²) in [6.45, 7) is 12.0. The van der Waals surface area contributed by atoms with Crippen molar-refractivity contribution in [3.63, 3.8) is 0 Å². The molecule has 1 aliphatic rings. The van der Waals surface area contributed by atoms with Crippen LogP contribution in [0.1, 0.15) is 37.1 Å². The molecule has 3 amide bonds. The highest BCUT2D eigenvalue weighted by Gasteiger charge is 2.32. The Morgan fingerprint density at radius 3 is 1.15 bits per heavy atom. The fraction of sp³-hybridized carbons (Fsp3) is 0.714. The summed E-state index contributed by atoms with van der Waals surface area (Å²) in [5, 5.41) is 19.3. The van der Waals surface area contributed by atoms with E-state index in [-0.39, 0.29) is 44.8 Å². The third kappa shape index (κ3) is 29.1. The average molecular weight is 927 g/mol. The van der Waals surface area contributed by atoms with Gasteiger partial charge in [-0.1, -0.05) is 24.3 Å². The highest BCUT2D eigenvalue weighted by atomic mass is 16.7. The number of rotatable bonds is 43. The number of aromatic nitrogens is 4. The van der Waals surface area contributed by atoms with Gasteiger partial charge in [-0.25, -0.2) is 4.79 Å². The Balaban J connectivity index is 0.907. The van der Waals surface area contributed by atoms with Crippen molar-refractivity contribution in [2.45, 2.75) is 39.2 Å². The lowest BCUT2D eigenvalue weighted by atomic mass is 10.1. The number of hydroxylamine groups is 2. The Labute approximate surface area is 379 Å². The maximum atomic E-state index is 12.1. The third-order valence-electron chi connectivity index (χ3n) is 8.50. The van der Waals surface area contributed by atoms with Crippen LogP contribution in [-0.2, 0) is 87.4 Å². The van der Waals surface area contributed by atoms with Gasteiger partial charge in [0.05, 0.1) is 165 Å². The summed E-state index contributed by atoms with van der Waals surface area (Å²) in [6.07, 6.45) is 0.283. The highest BCUT2D eigenvalue weighted by molar-refractivity contribution is 6.01. The van der Waals surface area contributed by atoms with E-state index in [0.717, 1.165) is 11.1 Å². The lowest BCUT2D eigenvalue weighted by molar-refractivity contribution is -0.198. The molecule has 23 nitrogen and oxygen atoms in total. The molecule has 1 aromatic heterocycles. The van der Waals surface area contributed by atoms with Crippen LogP contribution in [-0.4, -0.2) is 208 Å². The minimum Gasteiger partial charge on any atom is -0.379 e. The van der Waals surface area contributed by atoms with Crippen molar-refractivity contribution >= 4 is 23.7 Å². The van der Waals surface area contributed by atoms with E-state index >= 15 is 0 Å². The molecule has 65 heavy (non-hydrogen) atoms. The van der Waals surface area contributed by atoms with Crippen molar-refractivity contribution in [2.75, 3.05) is 159 Å². The van der Waals surface area contributed by atoms with Gasteiger partial charge in [0, 0.05) is 31.4 Å². The predicted molar refractivity (Wildman–Crippen MR) is 226 cm³/mol. The molecular weight excluding hydrogens is 860 g/mol. The maximum absolute atomic E-state index is 12.1. The molecule has 366 valence electrons. The van der Waals surface area contributed by atoms with Crippen molar-refractivity contribution < 1.29 is 80.9 Å². The second-order valence-corrected chi connectivity index (χ2v) is 13.6. The molecule has 0 radical (unpaired) electrons. The second kappa shape index (κ2) is 37.9. The summed E-state index contributed by atoms with van der Waals surface area (Å²) in [5.74, 6) is -0.872. The average Bonchev–Trinajstić information content (AvgIpc) is 3.63. The molecule has 0 atom stereocenters. The maximum Gasteiger partial charge on any atom is 0.335 e. The van der Waals surface area contributed by atoms with E-state index in [1.807, 2.05) is 24.3 Å². The largest absolute Gasteiger partial charge is 0.379 e. The summed E-state index contributed by atoms with van der Waals surface area (Å²) in [6, 6.07) is 7.53. The number of imide groups is 1. The Hall–Kier alpha value is -4.24. The zero-order valence-corrected chi connectivity index (χ0v) is 37.5. The van der Waals surface area contributed by atoms with Gasteiger partial charge in [-0.3, -0.25) is 14.4 Å². The van der Waals surface area contributed by atoms with Crippen LogP contribution < -0.4 is 5.32 Å². The first-order valence-electron chi connectivity index (χ1n) is 21.8. The number of hydrogen-bond acceptors (Lipinski definition) is 21. The molecule has 0 aliphatic carbocycles. The molecule has 1 aliphatic heterocycles. The SMILES string of the molecule is Cc1nnc(-c2ccc(CNC(=O)CCOCCOCCOCCOCCOCCOCCOCCOCCOCCOCCOCCOCCC(=O)ON3C(=O)CCC3=O)cc2)nn1. The predicted octanol–water partition coefficient (Wildman–Crippen LogP) is 0.445. The number of ether oxygens (including phenoxy) is 12. The quantitative estimate of drug-likeness (QED) is 0.0700. The molecule has 1 N–H and O–H groups in total. The van der Waals surface area contributed by atoms with E-state index in [1.165, 1.54) is 0 Å². The van der Waals surface area contributed by atoms with Crippen LogP contribution in [0, 0.1) is 6.92 Å². The van der Waals surface area contributed by atoms with Crippen molar-refractivity contribution in [2.24, 2.45) is 0 Å². The molecule has 2 aromatic rings. The van der Waals surface area contributed by atoms with Crippen molar-refractivity contribution in [3.05, 3.63) is 35.7 Å². The Kier molecular flexibility index (Phi) is 32.1. The molecular formula is C42H66N6O17. The van der Waals surface area contributed by atoms with Crippen LogP contribution in [0.4, 0.5) is 0 Å². The molecule has 1 saturated heterocycles. The zero-order chi connectivity index (χ0) is 46.3. The summed E-state index contributed by atoms with van der Waals surface area (Å²) in [5.41, 5.74) is 1.75. The van der Waals surface area contributed by atoms with E-state index in [2.05, 4.69) is 25.7 Å². The van der Waals surface area contributed by atoms with Gasteiger partial charge >= 0.3 is 5.97 Å². The monoisotopic (exact) mass is 926 g/mol. The number of carbonyl (C=O) groups is 4. The number of nitrogens with one attached hydrogen (secondary N) is 1. The minimum absolute atomic E-state index is 0.0530. The van der Waals surface area contributed by atoms with Gasteiger partial charge in [0.15, 0.2) is 5.82 Å². The summed E-state index contributed by atoms with van der Waals surface area (Å²) in [7, 11) is 0. The van der Waals surface area contributed by atoms with Crippen LogP contribution in [0.25, 0.3) is 11.4 Å². The first-order valence-corrected chi connectivity index (χ1v) is 21.8. The first kappa shape index (κ1) is 55.1. The minimum atomic E-state index is -0.705. The van der Waals surface area contributed by atoms with E-state index in [9.17, 15) is 19.2 Å². The third-order valence-corrected chi connectivity index (χ3v) is 8.50. The molecule has 23 heteroatoms. The van der Waals surface area contributed by atoms with Gasteiger partial charge in [0.1, 0.15) is 0 Å². The lowest BCUT2D eigenvalue weighted by Gasteiger charge is -2.12. The first-order chi connectivity index (χ1) is 31.9. The molecule has 0 unspecified atom stereocenters. The van der Waals surface area contributed by atoms with Crippen LogP contribution >= 0.6 is 0 Å². The fourth-order valence-corrected chi connectivity index (χ4v) is 5.10. The van der Waals surface area contributed by atoms with Crippen LogP contribution in [0.5, 0.6) is 0 Å². The van der Waals surface area contributed by atoms with Gasteiger partial charge in [-0.05, 0) is 12.5 Å². The van der Waals surface area contributed by atoms with E-state index in [4.69, 9.17) is 61.7 Å². The Morgan fingerprint density at radius 2 is 0.800 bits per heavy atom. The molecule has 1 fully saturated rings. The molecule has 0 spiro atoms. The smallest absolute Gasteiger partial charge is 0.335 e. The summed E-state index contributed by atoms with van der Waals surface area (Å²) < 4.78 is 65.5. The lowest BCUT2D eigenvalue weighted by Crippen LogP contribution is -2.32. The van der Waals surface area contributed by atoms with Crippen LogP contribution in [0.15, 0.2) is 24.3 Å². The van der Waals surface area contributed by atoms with Gasteiger partial charge in [-0.15, -0.1) is 25.5 Å². The van der Waals surface area contributed by atoms with Gasteiger partial charge in [0.2, 0.25) is 11.7 Å². The molecule has 0 saturated carbocycles. The van der Waals surface area contributed by atoms with Crippen molar-refractivity contribution in [3.8, 4) is 11.4 Å². The van der Waals surface area contributed by atoms with Gasteiger partial charge < -0.3 is 67.0 Å². The Morgan fingerprint density at radius 1 is 0.477 bits per heavy atom. The Bertz CT molecular complexity index is 1530. The number of nitrogens with zero attached hydrogens (tertiary/aromatic N) is 5. The number of benzene rings is 1. The topological polar surface area (TPSA) is 255 Å². The zero-order valence-electron chi connectivity index (χ0n) is 37.5. The van der Waals surface area contributed by atoms with Crippen molar-refractivity contribution in [1.29, 1.82) is 0 Å². The van der Waals surface area contributed by atoms with Crippen molar-refractivity contribution in [1.82, 2.24) is 30.8 Å².